The van der Waals surface area contributed by atoms with Crippen molar-refractivity contribution in [2.75, 3.05) is 6.61 Å². The van der Waals surface area contributed by atoms with E-state index in [0.717, 1.165) is 30.7 Å². The van der Waals surface area contributed by atoms with Crippen LogP contribution in [0.4, 0.5) is 0 Å². The summed E-state index contributed by atoms with van der Waals surface area (Å²) in [5.74, 6) is -2.04. The van der Waals surface area contributed by atoms with E-state index in [-0.39, 0.29) is 6.61 Å². The minimum absolute atomic E-state index is 0.355. The quantitative estimate of drug-likeness (QED) is 0.425. The second kappa shape index (κ2) is 8.80. The number of ether oxygens (including phenoxy) is 4. The van der Waals surface area contributed by atoms with Crippen LogP contribution in [-0.2, 0) is 33.3 Å². The first-order valence-corrected chi connectivity index (χ1v) is 8.30. The van der Waals surface area contributed by atoms with Gasteiger partial charge in [-0.2, -0.15) is 0 Å². The molecule has 1 aromatic heterocycles. The van der Waals surface area contributed by atoms with Gasteiger partial charge >= 0.3 is 23.6 Å². The first-order chi connectivity index (χ1) is 13.1. The first-order valence-electron chi connectivity index (χ1n) is 8.30. The Balaban J connectivity index is 2.46. The van der Waals surface area contributed by atoms with Crippen LogP contribution in [0.15, 0.2) is 21.9 Å². The number of nitrogens with zero attached hydrogens (tertiary/aromatic N) is 1. The third-order valence-corrected chi connectivity index (χ3v) is 3.89. The monoisotopic (exact) mass is 399 g/mol. The molecule has 1 saturated heterocycles. The van der Waals surface area contributed by atoms with E-state index in [2.05, 4.69) is 4.98 Å². The van der Waals surface area contributed by atoms with Crippen molar-refractivity contribution in [2.24, 2.45) is 5.73 Å². The van der Waals surface area contributed by atoms with Gasteiger partial charge in [0.1, 0.15) is 12.7 Å². The summed E-state index contributed by atoms with van der Waals surface area (Å²) in [5.41, 5.74) is 4.70. The molecule has 0 radical (unpaired) electrons. The summed E-state index contributed by atoms with van der Waals surface area (Å²) in [4.78, 5) is 59.8. The molecule has 1 aliphatic rings. The van der Waals surface area contributed by atoms with E-state index in [1.165, 1.54) is 6.92 Å². The van der Waals surface area contributed by atoms with Crippen LogP contribution in [0, 0.1) is 0 Å². The molecule has 12 nitrogen and oxygen atoms in total. The molecule has 0 aliphatic carbocycles. The van der Waals surface area contributed by atoms with E-state index < -0.39 is 59.7 Å². The molecule has 5 unspecified atom stereocenters. The highest BCUT2D eigenvalue weighted by atomic mass is 16.6. The number of rotatable bonds is 5. The molecule has 12 heteroatoms. The molecule has 154 valence electrons. The van der Waals surface area contributed by atoms with Gasteiger partial charge < -0.3 is 24.7 Å². The Morgan fingerprint density at radius 1 is 1.11 bits per heavy atom. The molecule has 3 N–H and O–H groups in total. The second-order valence-corrected chi connectivity index (χ2v) is 6.11. The van der Waals surface area contributed by atoms with Crippen LogP contribution in [0.3, 0.4) is 0 Å². The van der Waals surface area contributed by atoms with Crippen molar-refractivity contribution in [3.8, 4) is 0 Å². The molecular weight excluding hydrogens is 378 g/mol. The normalized spacial score (nSPS) is 26.9. The highest BCUT2D eigenvalue weighted by molar-refractivity contribution is 5.67. The van der Waals surface area contributed by atoms with Gasteiger partial charge in [-0.15, -0.1) is 0 Å². The topological polar surface area (TPSA) is 169 Å². The van der Waals surface area contributed by atoms with Gasteiger partial charge in [-0.25, -0.2) is 4.79 Å². The number of H-pyrrole nitrogens is 1. The molecule has 0 saturated carbocycles. The number of nitrogens with two attached hydrogens (primary N) is 1. The summed E-state index contributed by atoms with van der Waals surface area (Å²) in [7, 11) is 0. The highest BCUT2D eigenvalue weighted by Gasteiger charge is 2.49. The van der Waals surface area contributed by atoms with E-state index in [9.17, 15) is 24.0 Å². The summed E-state index contributed by atoms with van der Waals surface area (Å²) in [5, 5.41) is 0. The zero-order valence-electron chi connectivity index (χ0n) is 15.4. The molecule has 1 aromatic rings. The zero-order chi connectivity index (χ0) is 21.0. The van der Waals surface area contributed by atoms with Gasteiger partial charge in [0, 0.05) is 33.0 Å². The van der Waals surface area contributed by atoms with Crippen molar-refractivity contribution in [3.05, 3.63) is 33.1 Å². The molecule has 1 fully saturated rings. The van der Waals surface area contributed by atoms with Crippen LogP contribution in [0.1, 0.15) is 27.0 Å². The van der Waals surface area contributed by atoms with Crippen molar-refractivity contribution in [2.45, 2.75) is 51.4 Å². The van der Waals surface area contributed by atoms with Crippen LogP contribution in [0.25, 0.3) is 0 Å². The number of carbonyl (C=O) groups is 3. The number of hydrogen-bond acceptors (Lipinski definition) is 10. The van der Waals surface area contributed by atoms with Crippen molar-refractivity contribution < 1.29 is 33.3 Å². The van der Waals surface area contributed by atoms with Crippen molar-refractivity contribution >= 4 is 17.9 Å². The molecule has 0 amide bonds. The Bertz CT molecular complexity index is 861. The Morgan fingerprint density at radius 3 is 2.25 bits per heavy atom. The molecule has 0 spiro atoms. The average Bonchev–Trinajstić information content (AvgIpc) is 2.57. The summed E-state index contributed by atoms with van der Waals surface area (Å²) in [6, 6.07) is -0.0668. The number of nitrogens with one attached hydrogen (secondary N) is 1. The van der Waals surface area contributed by atoms with E-state index in [1.807, 2.05) is 0 Å². The number of aromatic amines is 1. The van der Waals surface area contributed by atoms with E-state index >= 15 is 0 Å². The maximum Gasteiger partial charge on any atom is 0.330 e. The summed E-state index contributed by atoms with van der Waals surface area (Å²) < 4.78 is 22.1. The predicted molar refractivity (Wildman–Crippen MR) is 90.9 cm³/mol. The molecule has 5 atom stereocenters. The van der Waals surface area contributed by atoms with Gasteiger partial charge in [0.05, 0.1) is 6.04 Å². The molecule has 0 aromatic carbocycles. The lowest BCUT2D eigenvalue weighted by molar-refractivity contribution is -0.234. The Kier molecular flexibility index (Phi) is 6.70. The van der Waals surface area contributed by atoms with Gasteiger partial charge in [0.25, 0.3) is 5.56 Å². The lowest BCUT2D eigenvalue weighted by Gasteiger charge is -2.44. The predicted octanol–water partition coefficient (Wildman–Crippen LogP) is -1.81. The van der Waals surface area contributed by atoms with Gasteiger partial charge in [0.15, 0.2) is 18.4 Å². The number of carbonyl (C=O) groups excluding carboxylic acids is 3. The maximum atomic E-state index is 12.1. The average molecular weight is 399 g/mol. The van der Waals surface area contributed by atoms with Gasteiger partial charge in [-0.05, 0) is 0 Å². The second-order valence-electron chi connectivity index (χ2n) is 6.11. The number of esters is 3. The Labute approximate surface area is 158 Å². The lowest BCUT2D eigenvalue weighted by atomic mass is 9.96. The smallest absolute Gasteiger partial charge is 0.330 e. The Morgan fingerprint density at radius 2 is 1.71 bits per heavy atom. The maximum absolute atomic E-state index is 12.1. The third kappa shape index (κ3) is 5.04. The van der Waals surface area contributed by atoms with E-state index in [1.54, 1.807) is 0 Å². The molecule has 2 rings (SSSR count). The molecule has 1 aliphatic heterocycles. The van der Waals surface area contributed by atoms with Crippen molar-refractivity contribution in [3.63, 3.8) is 0 Å². The fraction of sp³-hybridized carbons (Fsp3) is 0.562. The summed E-state index contributed by atoms with van der Waals surface area (Å²) in [6.07, 6.45) is -3.54. The summed E-state index contributed by atoms with van der Waals surface area (Å²) in [6.45, 7) is 3.09. The minimum Gasteiger partial charge on any atom is -0.463 e. The zero-order valence-corrected chi connectivity index (χ0v) is 15.4. The molecule has 2 heterocycles. The molecule has 0 bridgehead atoms. The van der Waals surface area contributed by atoms with Crippen LogP contribution in [0.5, 0.6) is 0 Å². The summed E-state index contributed by atoms with van der Waals surface area (Å²) >= 11 is 0. The fourth-order valence-electron chi connectivity index (χ4n) is 2.82. The number of aromatic nitrogens is 2. The SMILES string of the molecule is CC(=O)OCC1OC(n2ccc(=O)[nH]c2=O)C(N)C(OC(C)=O)C1OC(C)=O. The van der Waals surface area contributed by atoms with Gasteiger partial charge in [-0.3, -0.25) is 28.7 Å². The van der Waals surface area contributed by atoms with Crippen molar-refractivity contribution in [1.82, 2.24) is 9.55 Å². The van der Waals surface area contributed by atoms with Crippen LogP contribution >= 0.6 is 0 Å². The van der Waals surface area contributed by atoms with E-state index in [4.69, 9.17) is 24.7 Å². The highest BCUT2D eigenvalue weighted by Crippen LogP contribution is 2.30. The van der Waals surface area contributed by atoms with Crippen molar-refractivity contribution in [1.29, 1.82) is 0 Å². The largest absolute Gasteiger partial charge is 0.463 e. The Hall–Kier alpha value is -2.99. The number of hydrogen-bond donors (Lipinski definition) is 2. The molecular formula is C16H21N3O9. The third-order valence-electron chi connectivity index (χ3n) is 3.89. The molecule has 28 heavy (non-hydrogen) atoms. The minimum atomic E-state index is -1.21. The first kappa shape index (κ1) is 21.3. The van der Waals surface area contributed by atoms with Gasteiger partial charge in [-0.1, -0.05) is 0 Å². The van der Waals surface area contributed by atoms with Crippen LogP contribution < -0.4 is 17.0 Å². The van der Waals surface area contributed by atoms with Crippen LogP contribution in [0.2, 0.25) is 0 Å². The fourth-order valence-corrected chi connectivity index (χ4v) is 2.82. The van der Waals surface area contributed by atoms with E-state index in [0.29, 0.717) is 0 Å². The van der Waals surface area contributed by atoms with Crippen LogP contribution in [-0.4, -0.2) is 58.4 Å². The standard InChI is InChI=1S/C16H21N3O9/c1-7(20)25-6-10-13(26-8(2)21)14(27-9(3)22)12(17)15(28-10)19-5-4-11(23)18-16(19)24/h4-5,10,12-15H,6,17H2,1-3H3,(H,18,23,24). The van der Waals surface area contributed by atoms with Gasteiger partial charge in [0.2, 0.25) is 0 Å². The lowest BCUT2D eigenvalue weighted by Crippen LogP contribution is -2.63.